The summed E-state index contributed by atoms with van der Waals surface area (Å²) < 4.78 is 33.1. The Morgan fingerprint density at radius 3 is 2.69 bits per heavy atom. The second-order valence-corrected chi connectivity index (χ2v) is 6.95. The molecule has 26 heavy (non-hydrogen) atoms. The number of rotatable bonds is 2. The van der Waals surface area contributed by atoms with Crippen LogP contribution in [0.3, 0.4) is 0 Å². The minimum Gasteiger partial charge on any atom is -0.381 e. The van der Waals surface area contributed by atoms with E-state index in [1.54, 1.807) is 6.92 Å². The number of allylic oxidation sites excluding steroid dienone is 2. The molecule has 0 aliphatic carbocycles. The quantitative estimate of drug-likeness (QED) is 0.593. The van der Waals surface area contributed by atoms with Gasteiger partial charge in [0.15, 0.2) is 0 Å². The van der Waals surface area contributed by atoms with Crippen LogP contribution in [0.25, 0.3) is 0 Å². The average Bonchev–Trinajstić information content (AvgIpc) is 2.89. The number of fused-ring (bicyclic) bond motifs is 2. The first-order chi connectivity index (χ1) is 12.3. The Kier molecular flexibility index (Phi) is 4.92. The van der Waals surface area contributed by atoms with Crippen LogP contribution in [-0.4, -0.2) is 43.3 Å². The fourth-order valence-electron chi connectivity index (χ4n) is 3.72. The van der Waals surface area contributed by atoms with Gasteiger partial charge in [-0.05, 0) is 39.5 Å². The number of alkyl halides is 2. The highest BCUT2D eigenvalue weighted by Crippen LogP contribution is 2.47. The number of pyridine rings is 1. The third-order valence-corrected chi connectivity index (χ3v) is 5.12. The molecule has 1 aromatic rings. The third kappa shape index (κ3) is 3.28. The van der Waals surface area contributed by atoms with Gasteiger partial charge >= 0.3 is 0 Å². The lowest BCUT2D eigenvalue weighted by Gasteiger charge is -2.34. The molecule has 0 radical (unpaired) electrons. The molecule has 1 fully saturated rings. The van der Waals surface area contributed by atoms with Crippen molar-refractivity contribution in [3.8, 4) is 0 Å². The number of hydrogen-bond donors (Lipinski definition) is 0. The highest BCUT2D eigenvalue weighted by atomic mass is 19.3. The molecule has 0 atom stereocenters. The summed E-state index contributed by atoms with van der Waals surface area (Å²) in [6, 6.07) is 1.96. The van der Waals surface area contributed by atoms with Crippen molar-refractivity contribution in [1.29, 1.82) is 0 Å². The van der Waals surface area contributed by atoms with Crippen LogP contribution in [0.5, 0.6) is 0 Å². The normalized spacial score (nSPS) is 20.4. The van der Waals surface area contributed by atoms with E-state index in [-0.39, 0.29) is 17.1 Å². The van der Waals surface area contributed by atoms with Crippen molar-refractivity contribution >= 4 is 18.4 Å². The number of anilines is 1. The van der Waals surface area contributed by atoms with E-state index >= 15 is 0 Å². The molecule has 0 unspecified atom stereocenters. The number of nitrogens with zero attached hydrogens (tertiary/aromatic N) is 4. The van der Waals surface area contributed by atoms with Crippen molar-refractivity contribution in [3.05, 3.63) is 35.3 Å². The lowest BCUT2D eigenvalue weighted by atomic mass is 9.76. The third-order valence-electron chi connectivity index (χ3n) is 5.12. The van der Waals surface area contributed by atoms with Crippen molar-refractivity contribution in [1.82, 2.24) is 4.98 Å². The summed E-state index contributed by atoms with van der Waals surface area (Å²) in [4.78, 5) is 14.5. The van der Waals surface area contributed by atoms with E-state index in [4.69, 9.17) is 4.74 Å². The van der Waals surface area contributed by atoms with Gasteiger partial charge in [0.05, 0.1) is 5.69 Å². The predicted octanol–water partition coefficient (Wildman–Crippen LogP) is 3.87. The molecule has 1 spiro atoms. The molecule has 2 aliphatic heterocycles. The van der Waals surface area contributed by atoms with Crippen LogP contribution >= 0.6 is 0 Å². The maximum atomic E-state index is 13.8. The van der Waals surface area contributed by atoms with E-state index in [1.807, 2.05) is 24.1 Å². The predicted molar refractivity (Wildman–Crippen MR) is 99.4 cm³/mol. The molecule has 1 aromatic heterocycles. The Hall–Kier alpha value is -2.15. The van der Waals surface area contributed by atoms with Crippen molar-refractivity contribution in [3.63, 3.8) is 0 Å². The zero-order valence-corrected chi connectivity index (χ0v) is 15.4. The average molecular weight is 362 g/mol. The molecule has 7 heteroatoms. The molecule has 1 saturated heterocycles. The molecule has 0 aromatic carbocycles. The van der Waals surface area contributed by atoms with Crippen LogP contribution in [0.15, 0.2) is 34.0 Å². The summed E-state index contributed by atoms with van der Waals surface area (Å²) in [7, 11) is 0. The SMILES string of the molecule is C=NC(=N/C(=C\C)C(C)(F)F)N1CC2(CCOCC2)c2cnc(C)cc21. The summed E-state index contributed by atoms with van der Waals surface area (Å²) in [5.74, 6) is -2.85. The van der Waals surface area contributed by atoms with Crippen LogP contribution in [-0.2, 0) is 10.2 Å². The van der Waals surface area contributed by atoms with Crippen LogP contribution in [0, 0.1) is 6.92 Å². The molecule has 2 aliphatic rings. The first-order valence-corrected chi connectivity index (χ1v) is 8.73. The first-order valence-electron chi connectivity index (χ1n) is 8.73. The zero-order valence-electron chi connectivity index (χ0n) is 15.4. The van der Waals surface area contributed by atoms with E-state index in [2.05, 4.69) is 21.7 Å². The van der Waals surface area contributed by atoms with Gasteiger partial charge in [-0.25, -0.2) is 9.98 Å². The fourth-order valence-corrected chi connectivity index (χ4v) is 3.72. The standard InChI is InChI=1S/C19H24F2N4O/c1-5-16(18(3,20)21)24-17(22-4)25-12-19(6-8-26-9-7-19)14-11-23-13(2)10-15(14)25/h5,10-11H,4,6-9,12H2,1-3H3/b16-5-,24-17?. The summed E-state index contributed by atoms with van der Waals surface area (Å²) >= 11 is 0. The number of halogens is 2. The Bertz CT molecular complexity index is 761. The van der Waals surface area contributed by atoms with Crippen LogP contribution in [0.4, 0.5) is 14.5 Å². The Balaban J connectivity index is 2.07. The molecule has 0 bridgehead atoms. The number of guanidine groups is 1. The van der Waals surface area contributed by atoms with Gasteiger partial charge in [-0.2, -0.15) is 8.78 Å². The number of ether oxygens (including phenoxy) is 1. The molecule has 0 amide bonds. The van der Waals surface area contributed by atoms with Crippen LogP contribution in [0.1, 0.15) is 37.9 Å². The van der Waals surface area contributed by atoms with Gasteiger partial charge in [0.1, 0.15) is 5.70 Å². The van der Waals surface area contributed by atoms with Gasteiger partial charge in [-0.3, -0.25) is 4.98 Å². The Morgan fingerprint density at radius 2 is 2.12 bits per heavy atom. The minimum absolute atomic E-state index is 0.120. The molecule has 140 valence electrons. The lowest BCUT2D eigenvalue weighted by molar-refractivity contribution is 0.0558. The van der Waals surface area contributed by atoms with E-state index < -0.39 is 5.92 Å². The van der Waals surface area contributed by atoms with Gasteiger partial charge in [-0.15, -0.1) is 0 Å². The number of aromatic nitrogens is 1. The number of aliphatic imine (C=N–C) groups is 2. The van der Waals surface area contributed by atoms with Crippen molar-refractivity contribution in [2.75, 3.05) is 24.7 Å². The van der Waals surface area contributed by atoms with Gasteiger partial charge in [-0.1, -0.05) is 6.08 Å². The number of hydrogen-bond acceptors (Lipinski definition) is 3. The van der Waals surface area contributed by atoms with E-state index in [9.17, 15) is 8.78 Å². The first kappa shape index (κ1) is 18.6. The molecule has 3 rings (SSSR count). The van der Waals surface area contributed by atoms with Crippen molar-refractivity contribution in [2.45, 2.75) is 45.0 Å². The zero-order chi connectivity index (χ0) is 18.9. The summed E-state index contributed by atoms with van der Waals surface area (Å²) in [5.41, 5.74) is 2.44. The fraction of sp³-hybridized carbons (Fsp3) is 0.526. The molecular weight excluding hydrogens is 338 g/mol. The topological polar surface area (TPSA) is 50.1 Å². The van der Waals surface area contributed by atoms with E-state index in [0.717, 1.165) is 36.7 Å². The highest BCUT2D eigenvalue weighted by Gasteiger charge is 2.45. The van der Waals surface area contributed by atoms with Crippen LogP contribution in [0.2, 0.25) is 0 Å². The molecule has 5 nitrogen and oxygen atoms in total. The van der Waals surface area contributed by atoms with Gasteiger partial charge < -0.3 is 9.64 Å². The van der Waals surface area contributed by atoms with Gasteiger partial charge in [0.2, 0.25) is 5.96 Å². The molecule has 3 heterocycles. The van der Waals surface area contributed by atoms with Gasteiger partial charge in [0, 0.05) is 49.6 Å². The molecule has 0 saturated carbocycles. The Labute approximate surface area is 152 Å². The van der Waals surface area contributed by atoms with Crippen molar-refractivity contribution < 1.29 is 13.5 Å². The monoisotopic (exact) mass is 362 g/mol. The largest absolute Gasteiger partial charge is 0.381 e. The second kappa shape index (κ2) is 6.87. The molecule has 0 N–H and O–H groups in total. The Morgan fingerprint density at radius 1 is 1.42 bits per heavy atom. The maximum Gasteiger partial charge on any atom is 0.286 e. The highest BCUT2D eigenvalue weighted by molar-refractivity contribution is 6.01. The van der Waals surface area contributed by atoms with Crippen LogP contribution < -0.4 is 4.90 Å². The summed E-state index contributed by atoms with van der Waals surface area (Å²) in [6.45, 7) is 9.80. The van der Waals surface area contributed by atoms with E-state index in [0.29, 0.717) is 19.8 Å². The summed E-state index contributed by atoms with van der Waals surface area (Å²) in [5, 5.41) is 0. The number of aryl methyl sites for hydroxylation is 1. The second-order valence-electron chi connectivity index (χ2n) is 6.95. The van der Waals surface area contributed by atoms with Gasteiger partial charge in [0.25, 0.3) is 5.92 Å². The maximum absolute atomic E-state index is 13.8. The molecular formula is C19H24F2N4O. The lowest BCUT2D eigenvalue weighted by Crippen LogP contribution is -2.40. The van der Waals surface area contributed by atoms with E-state index in [1.165, 1.54) is 6.08 Å². The smallest absolute Gasteiger partial charge is 0.286 e. The summed E-state index contributed by atoms with van der Waals surface area (Å²) in [6.07, 6.45) is 4.91. The van der Waals surface area contributed by atoms with Crippen molar-refractivity contribution in [2.24, 2.45) is 9.98 Å². The minimum atomic E-state index is -3.04.